The molecule has 1 unspecified atom stereocenters. The van der Waals surface area contributed by atoms with Crippen molar-refractivity contribution in [3.63, 3.8) is 0 Å². The molecule has 0 aliphatic heterocycles. The quantitative estimate of drug-likeness (QED) is 0.405. The van der Waals surface area contributed by atoms with E-state index in [9.17, 15) is 14.3 Å². The van der Waals surface area contributed by atoms with Crippen LogP contribution in [0.4, 0.5) is 10.2 Å². The summed E-state index contributed by atoms with van der Waals surface area (Å²) in [7, 11) is 0. The van der Waals surface area contributed by atoms with E-state index in [2.05, 4.69) is 15.4 Å². The average Bonchev–Trinajstić information content (AvgIpc) is 3.33. The maximum absolute atomic E-state index is 13.7. The second-order valence-electron chi connectivity index (χ2n) is 8.49. The molecule has 5 rings (SSSR count). The van der Waals surface area contributed by atoms with Crippen molar-refractivity contribution in [2.45, 2.75) is 38.0 Å². The number of benzene rings is 2. The van der Waals surface area contributed by atoms with Crippen molar-refractivity contribution < 1.29 is 19.0 Å². The molecule has 1 atom stereocenters. The molecule has 174 valence electrons. The number of rotatable bonds is 6. The fraction of sp³-hybridized carbons (Fsp3) is 0.240. The van der Waals surface area contributed by atoms with Gasteiger partial charge in [0.2, 0.25) is 0 Å². The van der Waals surface area contributed by atoms with Gasteiger partial charge in [-0.25, -0.2) is 14.1 Å². The first-order valence-electron chi connectivity index (χ1n) is 11.0. The topological polar surface area (TPSA) is 115 Å². The second-order valence-corrected chi connectivity index (χ2v) is 8.49. The van der Waals surface area contributed by atoms with Crippen LogP contribution in [0, 0.1) is 5.82 Å². The SMILES string of the molecule is CC(Oc1cc2cc(F)ccc2nc1N)c1cc(C(=O)NC2CC(O)C2)ccc1-n1cccn1. The van der Waals surface area contributed by atoms with Gasteiger partial charge in [-0.05, 0) is 68.3 Å². The molecule has 0 spiro atoms. The molecule has 1 amide bonds. The Bertz CT molecular complexity index is 1350. The molecule has 0 bridgehead atoms. The summed E-state index contributed by atoms with van der Waals surface area (Å²) in [5, 5.41) is 17.3. The third-order valence-corrected chi connectivity index (χ3v) is 6.00. The van der Waals surface area contributed by atoms with Crippen molar-refractivity contribution in [1.29, 1.82) is 0 Å². The second kappa shape index (κ2) is 8.75. The molecule has 1 saturated carbocycles. The normalized spacial score (nSPS) is 18.3. The van der Waals surface area contributed by atoms with E-state index in [1.54, 1.807) is 47.4 Å². The number of ether oxygens (including phenoxy) is 1. The van der Waals surface area contributed by atoms with Gasteiger partial charge < -0.3 is 20.9 Å². The number of nitrogens with zero attached hydrogens (tertiary/aromatic N) is 3. The number of fused-ring (bicyclic) bond motifs is 1. The van der Waals surface area contributed by atoms with Crippen molar-refractivity contribution in [3.8, 4) is 11.4 Å². The van der Waals surface area contributed by atoms with E-state index in [-0.39, 0.29) is 29.7 Å². The number of hydrogen-bond acceptors (Lipinski definition) is 6. The van der Waals surface area contributed by atoms with Crippen LogP contribution < -0.4 is 15.8 Å². The molecule has 0 radical (unpaired) electrons. The number of nitrogen functional groups attached to an aromatic ring is 1. The Morgan fingerprint density at radius 2 is 2.09 bits per heavy atom. The van der Waals surface area contributed by atoms with Gasteiger partial charge in [-0.15, -0.1) is 0 Å². The molecular weight excluding hydrogens is 437 g/mol. The minimum absolute atomic E-state index is 0.0331. The number of anilines is 1. The Kier molecular flexibility index (Phi) is 5.62. The largest absolute Gasteiger partial charge is 0.482 e. The Morgan fingerprint density at radius 3 is 2.82 bits per heavy atom. The molecule has 1 aliphatic rings. The zero-order valence-electron chi connectivity index (χ0n) is 18.5. The highest BCUT2D eigenvalue weighted by molar-refractivity contribution is 5.95. The van der Waals surface area contributed by atoms with Crippen LogP contribution in [0.25, 0.3) is 16.6 Å². The van der Waals surface area contributed by atoms with Crippen LogP contribution in [0.2, 0.25) is 0 Å². The van der Waals surface area contributed by atoms with Crippen LogP contribution in [0.1, 0.15) is 41.8 Å². The number of aliphatic hydroxyl groups excluding tert-OH is 1. The minimum atomic E-state index is -0.535. The number of aliphatic hydroxyl groups is 1. The van der Waals surface area contributed by atoms with Gasteiger partial charge in [0.15, 0.2) is 11.6 Å². The van der Waals surface area contributed by atoms with E-state index in [1.807, 2.05) is 13.0 Å². The first kappa shape index (κ1) is 21.8. The van der Waals surface area contributed by atoms with Crippen molar-refractivity contribution in [2.24, 2.45) is 0 Å². The van der Waals surface area contributed by atoms with Crippen LogP contribution in [0.3, 0.4) is 0 Å². The van der Waals surface area contributed by atoms with Crippen molar-refractivity contribution in [3.05, 3.63) is 77.9 Å². The Labute approximate surface area is 195 Å². The number of nitrogens with two attached hydrogens (primary N) is 1. The summed E-state index contributed by atoms with van der Waals surface area (Å²) < 4.78 is 21.6. The third kappa shape index (κ3) is 4.29. The van der Waals surface area contributed by atoms with Crippen LogP contribution in [0.15, 0.2) is 60.9 Å². The summed E-state index contributed by atoms with van der Waals surface area (Å²) in [5.41, 5.74) is 8.60. The number of carbonyl (C=O) groups is 1. The number of amides is 1. The highest BCUT2D eigenvalue weighted by Crippen LogP contribution is 2.32. The lowest BCUT2D eigenvalue weighted by atomic mass is 9.89. The van der Waals surface area contributed by atoms with Gasteiger partial charge in [0.1, 0.15) is 11.9 Å². The molecule has 1 aliphatic carbocycles. The van der Waals surface area contributed by atoms with Gasteiger partial charge in [-0.1, -0.05) is 0 Å². The summed E-state index contributed by atoms with van der Waals surface area (Å²) in [6.07, 6.45) is 3.68. The molecule has 34 heavy (non-hydrogen) atoms. The molecule has 1 fully saturated rings. The lowest BCUT2D eigenvalue weighted by Gasteiger charge is -2.32. The number of nitrogens with one attached hydrogen (secondary N) is 1. The lowest BCUT2D eigenvalue weighted by molar-refractivity contribution is 0.0562. The molecule has 2 aromatic carbocycles. The molecule has 2 aromatic heterocycles. The van der Waals surface area contributed by atoms with Crippen molar-refractivity contribution in [1.82, 2.24) is 20.1 Å². The first-order valence-corrected chi connectivity index (χ1v) is 11.0. The maximum Gasteiger partial charge on any atom is 0.251 e. The van der Waals surface area contributed by atoms with Crippen LogP contribution in [-0.2, 0) is 0 Å². The number of hydrogen-bond donors (Lipinski definition) is 3. The van der Waals surface area contributed by atoms with Crippen LogP contribution in [-0.4, -0.2) is 37.9 Å². The lowest BCUT2D eigenvalue weighted by Crippen LogP contribution is -2.46. The first-order chi connectivity index (χ1) is 16.4. The molecular formula is C25H24FN5O3. The summed E-state index contributed by atoms with van der Waals surface area (Å²) in [6.45, 7) is 1.83. The smallest absolute Gasteiger partial charge is 0.251 e. The summed E-state index contributed by atoms with van der Waals surface area (Å²) in [4.78, 5) is 17.1. The maximum atomic E-state index is 13.7. The van der Waals surface area contributed by atoms with E-state index < -0.39 is 6.10 Å². The fourth-order valence-corrected chi connectivity index (χ4v) is 4.11. The van der Waals surface area contributed by atoms with E-state index in [0.717, 1.165) is 5.69 Å². The summed E-state index contributed by atoms with van der Waals surface area (Å²) >= 11 is 0. The van der Waals surface area contributed by atoms with Gasteiger partial charge in [-0.3, -0.25) is 4.79 Å². The highest BCUT2D eigenvalue weighted by Gasteiger charge is 2.29. The average molecular weight is 461 g/mol. The summed E-state index contributed by atoms with van der Waals surface area (Å²) in [6, 6.07) is 13.0. The van der Waals surface area contributed by atoms with Crippen LogP contribution in [0.5, 0.6) is 5.75 Å². The van der Waals surface area contributed by atoms with Gasteiger partial charge in [-0.2, -0.15) is 5.10 Å². The van der Waals surface area contributed by atoms with Crippen LogP contribution >= 0.6 is 0 Å². The van der Waals surface area contributed by atoms with Gasteiger partial charge >= 0.3 is 0 Å². The number of pyridine rings is 1. The predicted molar refractivity (Wildman–Crippen MR) is 125 cm³/mol. The number of carbonyl (C=O) groups excluding carboxylic acids is 1. The Hall–Kier alpha value is -3.98. The molecule has 0 saturated heterocycles. The van der Waals surface area contributed by atoms with Gasteiger partial charge in [0.05, 0.1) is 17.3 Å². The number of halogens is 1. The van der Waals surface area contributed by atoms with E-state index in [4.69, 9.17) is 10.5 Å². The monoisotopic (exact) mass is 461 g/mol. The fourth-order valence-electron chi connectivity index (χ4n) is 4.11. The molecule has 4 aromatic rings. The molecule has 2 heterocycles. The van der Waals surface area contributed by atoms with E-state index in [0.29, 0.717) is 40.6 Å². The standard InChI is InChI=1S/C25H24FN5O3/c1-14(34-23-11-16-9-17(26)4-5-21(16)30-24(23)27)20-10-15(25(33)29-18-12-19(32)13-18)3-6-22(20)31-8-2-7-28-31/h2-11,14,18-19,32H,12-13H2,1H3,(H2,27,30)(H,29,33). The highest BCUT2D eigenvalue weighted by atomic mass is 19.1. The van der Waals surface area contributed by atoms with Crippen molar-refractivity contribution >= 4 is 22.6 Å². The minimum Gasteiger partial charge on any atom is -0.482 e. The molecule has 8 nitrogen and oxygen atoms in total. The van der Waals surface area contributed by atoms with E-state index in [1.165, 1.54) is 12.1 Å². The Morgan fingerprint density at radius 1 is 1.26 bits per heavy atom. The van der Waals surface area contributed by atoms with Crippen molar-refractivity contribution in [2.75, 3.05) is 5.73 Å². The Balaban J connectivity index is 1.47. The predicted octanol–water partition coefficient (Wildman–Crippen LogP) is 3.53. The zero-order chi connectivity index (χ0) is 23.8. The van der Waals surface area contributed by atoms with Gasteiger partial charge in [0.25, 0.3) is 5.91 Å². The zero-order valence-corrected chi connectivity index (χ0v) is 18.5. The van der Waals surface area contributed by atoms with E-state index >= 15 is 0 Å². The molecule has 4 N–H and O–H groups in total. The molecule has 9 heteroatoms. The third-order valence-electron chi connectivity index (χ3n) is 6.00. The number of aromatic nitrogens is 3. The van der Waals surface area contributed by atoms with Gasteiger partial charge in [0, 0.05) is 34.9 Å². The summed E-state index contributed by atoms with van der Waals surface area (Å²) in [5.74, 6) is -0.101.